The molecule has 0 bridgehead atoms. The fourth-order valence-corrected chi connectivity index (χ4v) is 4.55. The van der Waals surface area contributed by atoms with E-state index in [2.05, 4.69) is 0 Å². The molecule has 2 aromatic rings. The average molecular weight is 368 g/mol. The highest BCUT2D eigenvalue weighted by molar-refractivity contribution is 5.78. The molecule has 2 aromatic carbocycles. The standard InChI is InChI=1S/C21H20O6/c1-23-15-4-3-11(6-16(15)24-2)19-14-8-18-17(26-10-27-18)7-12(14)5-13-9-25-21(22)20(13)19/h3-4,6-8,13,19-20H,5,9-10H2,1-2H3/t13-,19+,20+/m1/s1. The van der Waals surface area contributed by atoms with Crippen LogP contribution in [0.4, 0.5) is 0 Å². The Labute approximate surface area is 156 Å². The van der Waals surface area contributed by atoms with Crippen molar-refractivity contribution in [2.24, 2.45) is 11.8 Å². The zero-order chi connectivity index (χ0) is 18.5. The topological polar surface area (TPSA) is 63.2 Å². The number of benzene rings is 2. The molecule has 6 heteroatoms. The first-order valence-corrected chi connectivity index (χ1v) is 9.00. The third kappa shape index (κ3) is 2.43. The van der Waals surface area contributed by atoms with Crippen LogP contribution in [0.15, 0.2) is 30.3 Å². The Bertz CT molecular complexity index is 921. The predicted octanol–water partition coefficient (Wildman–Crippen LogP) is 2.91. The van der Waals surface area contributed by atoms with Gasteiger partial charge in [0, 0.05) is 11.8 Å². The summed E-state index contributed by atoms with van der Waals surface area (Å²) in [5.74, 6) is 2.48. The Balaban J connectivity index is 1.68. The Morgan fingerprint density at radius 2 is 1.74 bits per heavy atom. The van der Waals surface area contributed by atoms with Crippen LogP contribution in [-0.4, -0.2) is 33.6 Å². The van der Waals surface area contributed by atoms with E-state index in [1.165, 1.54) is 5.56 Å². The number of carbonyl (C=O) groups is 1. The Morgan fingerprint density at radius 1 is 0.963 bits per heavy atom. The third-order valence-electron chi connectivity index (χ3n) is 5.80. The summed E-state index contributed by atoms with van der Waals surface area (Å²) >= 11 is 0. The molecule has 0 saturated carbocycles. The Morgan fingerprint density at radius 3 is 2.52 bits per heavy atom. The maximum Gasteiger partial charge on any atom is 0.310 e. The second-order valence-corrected chi connectivity index (χ2v) is 7.12. The van der Waals surface area contributed by atoms with Gasteiger partial charge in [-0.15, -0.1) is 0 Å². The maximum atomic E-state index is 12.6. The molecular formula is C21H20O6. The van der Waals surface area contributed by atoms with Gasteiger partial charge in [0.05, 0.1) is 26.7 Å². The van der Waals surface area contributed by atoms with Crippen molar-refractivity contribution in [3.63, 3.8) is 0 Å². The summed E-state index contributed by atoms with van der Waals surface area (Å²) in [7, 11) is 3.22. The number of ether oxygens (including phenoxy) is 5. The Kier molecular flexibility index (Phi) is 3.67. The quantitative estimate of drug-likeness (QED) is 0.777. The second kappa shape index (κ2) is 6.08. The van der Waals surface area contributed by atoms with Crippen LogP contribution in [0.2, 0.25) is 0 Å². The van der Waals surface area contributed by atoms with Gasteiger partial charge in [0.2, 0.25) is 6.79 Å². The maximum absolute atomic E-state index is 12.6. The number of hydrogen-bond acceptors (Lipinski definition) is 6. The van der Waals surface area contributed by atoms with E-state index in [0.29, 0.717) is 18.1 Å². The molecule has 0 radical (unpaired) electrons. The van der Waals surface area contributed by atoms with Gasteiger partial charge in [0.25, 0.3) is 0 Å². The number of rotatable bonds is 3. The molecule has 3 atom stereocenters. The molecule has 0 spiro atoms. The number of hydrogen-bond donors (Lipinski definition) is 0. The molecule has 1 saturated heterocycles. The summed E-state index contributed by atoms with van der Waals surface area (Å²) in [6.45, 7) is 0.690. The van der Waals surface area contributed by atoms with Gasteiger partial charge in [-0.3, -0.25) is 4.79 Å². The lowest BCUT2D eigenvalue weighted by Gasteiger charge is -2.33. The fourth-order valence-electron chi connectivity index (χ4n) is 4.55. The van der Waals surface area contributed by atoms with Crippen molar-refractivity contribution in [1.82, 2.24) is 0 Å². The lowest BCUT2D eigenvalue weighted by Crippen LogP contribution is -2.31. The van der Waals surface area contributed by atoms with Gasteiger partial charge in [0.15, 0.2) is 23.0 Å². The minimum absolute atomic E-state index is 0.122. The summed E-state index contributed by atoms with van der Waals surface area (Å²) in [4.78, 5) is 12.6. The van der Waals surface area contributed by atoms with Crippen molar-refractivity contribution in [2.45, 2.75) is 12.3 Å². The van der Waals surface area contributed by atoms with Crippen molar-refractivity contribution in [1.29, 1.82) is 0 Å². The highest BCUT2D eigenvalue weighted by Gasteiger charge is 2.48. The van der Waals surface area contributed by atoms with E-state index in [4.69, 9.17) is 23.7 Å². The predicted molar refractivity (Wildman–Crippen MR) is 95.6 cm³/mol. The third-order valence-corrected chi connectivity index (χ3v) is 5.80. The van der Waals surface area contributed by atoms with Crippen molar-refractivity contribution in [3.8, 4) is 23.0 Å². The van der Waals surface area contributed by atoms with E-state index < -0.39 is 0 Å². The molecule has 0 aromatic heterocycles. The van der Waals surface area contributed by atoms with Gasteiger partial charge in [0.1, 0.15) is 0 Å². The highest BCUT2D eigenvalue weighted by Crippen LogP contribution is 2.51. The molecule has 0 amide bonds. The number of esters is 1. The van der Waals surface area contributed by atoms with Gasteiger partial charge in [-0.05, 0) is 47.4 Å². The summed E-state index contributed by atoms with van der Waals surface area (Å²) in [6.07, 6.45) is 0.798. The van der Waals surface area contributed by atoms with Gasteiger partial charge in [-0.2, -0.15) is 0 Å². The molecule has 1 aliphatic carbocycles. The van der Waals surface area contributed by atoms with E-state index in [9.17, 15) is 4.79 Å². The lowest BCUT2D eigenvalue weighted by atomic mass is 9.67. The van der Waals surface area contributed by atoms with Gasteiger partial charge in [-0.1, -0.05) is 6.07 Å². The number of fused-ring (bicyclic) bond motifs is 3. The molecule has 3 aliphatic rings. The number of carbonyl (C=O) groups excluding carboxylic acids is 1. The van der Waals surface area contributed by atoms with Gasteiger partial charge in [-0.25, -0.2) is 0 Å². The van der Waals surface area contributed by atoms with E-state index >= 15 is 0 Å². The smallest absolute Gasteiger partial charge is 0.310 e. The van der Waals surface area contributed by atoms with Crippen molar-refractivity contribution < 1.29 is 28.5 Å². The summed E-state index contributed by atoms with van der Waals surface area (Å²) in [5.41, 5.74) is 3.27. The minimum Gasteiger partial charge on any atom is -0.493 e. The van der Waals surface area contributed by atoms with Crippen molar-refractivity contribution in [3.05, 3.63) is 47.0 Å². The second-order valence-electron chi connectivity index (χ2n) is 7.12. The molecule has 5 rings (SSSR count). The van der Waals surface area contributed by atoms with Crippen LogP contribution in [0.25, 0.3) is 0 Å². The first-order valence-electron chi connectivity index (χ1n) is 9.00. The van der Waals surface area contributed by atoms with Crippen LogP contribution >= 0.6 is 0 Å². The van der Waals surface area contributed by atoms with Gasteiger partial charge < -0.3 is 23.7 Å². The van der Waals surface area contributed by atoms with Crippen LogP contribution in [0, 0.1) is 11.8 Å². The lowest BCUT2D eigenvalue weighted by molar-refractivity contribution is -0.141. The van der Waals surface area contributed by atoms with E-state index in [1.54, 1.807) is 14.2 Å². The van der Waals surface area contributed by atoms with E-state index in [1.807, 2.05) is 30.3 Å². The normalized spacial score (nSPS) is 24.8. The monoisotopic (exact) mass is 368 g/mol. The van der Waals surface area contributed by atoms with E-state index in [0.717, 1.165) is 29.0 Å². The molecular weight excluding hydrogens is 348 g/mol. The molecule has 27 heavy (non-hydrogen) atoms. The first-order chi connectivity index (χ1) is 13.2. The molecule has 1 fully saturated rings. The number of methoxy groups -OCH3 is 2. The van der Waals surface area contributed by atoms with Crippen LogP contribution in [-0.2, 0) is 16.0 Å². The van der Waals surface area contributed by atoms with Crippen LogP contribution in [0.1, 0.15) is 22.6 Å². The van der Waals surface area contributed by atoms with Crippen LogP contribution in [0.3, 0.4) is 0 Å². The fraction of sp³-hybridized carbons (Fsp3) is 0.381. The average Bonchev–Trinajstić information content (AvgIpc) is 3.30. The molecule has 0 unspecified atom stereocenters. The molecule has 6 nitrogen and oxygen atoms in total. The first kappa shape index (κ1) is 16.3. The number of cyclic esters (lactones) is 1. The van der Waals surface area contributed by atoms with E-state index in [-0.39, 0.29) is 30.5 Å². The zero-order valence-corrected chi connectivity index (χ0v) is 15.2. The summed E-state index contributed by atoms with van der Waals surface area (Å²) in [6, 6.07) is 9.89. The minimum atomic E-state index is -0.212. The molecule has 2 aliphatic heterocycles. The largest absolute Gasteiger partial charge is 0.493 e. The zero-order valence-electron chi connectivity index (χ0n) is 15.2. The highest BCUT2D eigenvalue weighted by atomic mass is 16.7. The SMILES string of the molecule is COc1ccc([C@H]2c3cc4c(cc3C[C@@H]3COC(=O)[C@@H]32)OCO4)cc1OC. The molecule has 140 valence electrons. The molecule has 2 heterocycles. The van der Waals surface area contributed by atoms with Crippen molar-refractivity contribution in [2.75, 3.05) is 27.6 Å². The molecule has 0 N–H and O–H groups in total. The Hall–Kier alpha value is -2.89. The summed E-state index contributed by atoms with van der Waals surface area (Å²) < 4.78 is 27.4. The summed E-state index contributed by atoms with van der Waals surface area (Å²) in [5, 5.41) is 0. The van der Waals surface area contributed by atoms with Crippen LogP contribution in [0.5, 0.6) is 23.0 Å². The van der Waals surface area contributed by atoms with Gasteiger partial charge >= 0.3 is 5.97 Å². The van der Waals surface area contributed by atoms with Crippen LogP contribution < -0.4 is 18.9 Å². The van der Waals surface area contributed by atoms with Crippen molar-refractivity contribution >= 4 is 5.97 Å².